The Morgan fingerprint density at radius 1 is 1.41 bits per heavy atom. The number of halogens is 1. The van der Waals surface area contributed by atoms with Crippen molar-refractivity contribution in [1.29, 1.82) is 0 Å². The summed E-state index contributed by atoms with van der Waals surface area (Å²) < 4.78 is 12.8. The minimum Gasteiger partial charge on any atom is -0.337 e. The molecule has 3 N–H and O–H groups in total. The standard InChI is InChI=1S/C12H16FN3O/c13-11-3-1-9(2-4-11)10-7-15-12(17)16(8-10)6-5-14/h1-4,10H,5-8,14H2,(H,15,17). The molecule has 1 fully saturated rings. The van der Waals surface area contributed by atoms with Gasteiger partial charge in [0.25, 0.3) is 0 Å². The van der Waals surface area contributed by atoms with Crippen molar-refractivity contribution in [1.82, 2.24) is 10.2 Å². The number of carbonyl (C=O) groups is 1. The Morgan fingerprint density at radius 3 is 2.76 bits per heavy atom. The molecule has 1 aliphatic rings. The highest BCUT2D eigenvalue weighted by Gasteiger charge is 2.25. The van der Waals surface area contributed by atoms with Crippen molar-refractivity contribution in [3.05, 3.63) is 35.6 Å². The summed E-state index contributed by atoms with van der Waals surface area (Å²) in [6, 6.07) is 6.34. The lowest BCUT2D eigenvalue weighted by atomic mass is 9.97. The fraction of sp³-hybridized carbons (Fsp3) is 0.417. The van der Waals surface area contributed by atoms with Gasteiger partial charge in [-0.3, -0.25) is 0 Å². The minimum absolute atomic E-state index is 0.0752. The first-order chi connectivity index (χ1) is 8.20. The first-order valence-corrected chi connectivity index (χ1v) is 5.69. The van der Waals surface area contributed by atoms with E-state index in [1.165, 1.54) is 12.1 Å². The normalized spacial score (nSPS) is 20.2. The van der Waals surface area contributed by atoms with Crippen LogP contribution in [0.1, 0.15) is 11.5 Å². The van der Waals surface area contributed by atoms with Gasteiger partial charge in [0.1, 0.15) is 5.82 Å². The van der Waals surface area contributed by atoms with Gasteiger partial charge in [-0.05, 0) is 17.7 Å². The van der Waals surface area contributed by atoms with Crippen molar-refractivity contribution in [3.63, 3.8) is 0 Å². The van der Waals surface area contributed by atoms with Gasteiger partial charge in [0.05, 0.1) is 0 Å². The highest BCUT2D eigenvalue weighted by atomic mass is 19.1. The average molecular weight is 237 g/mol. The molecule has 1 aliphatic heterocycles. The number of nitrogens with two attached hydrogens (primary N) is 1. The summed E-state index contributed by atoms with van der Waals surface area (Å²) in [4.78, 5) is 13.2. The Labute approximate surface area is 99.6 Å². The van der Waals surface area contributed by atoms with Gasteiger partial charge in [-0.1, -0.05) is 12.1 Å². The molecule has 1 aromatic rings. The lowest BCUT2D eigenvalue weighted by molar-refractivity contribution is 0.181. The van der Waals surface area contributed by atoms with Crippen LogP contribution in [0.4, 0.5) is 9.18 Å². The van der Waals surface area contributed by atoms with E-state index in [1.807, 2.05) is 0 Å². The van der Waals surface area contributed by atoms with Crippen LogP contribution in [0.2, 0.25) is 0 Å². The second kappa shape index (κ2) is 5.14. The van der Waals surface area contributed by atoms with E-state index in [0.29, 0.717) is 26.2 Å². The molecule has 0 spiro atoms. The number of hydrogen-bond acceptors (Lipinski definition) is 2. The molecule has 17 heavy (non-hydrogen) atoms. The molecule has 1 unspecified atom stereocenters. The van der Waals surface area contributed by atoms with Crippen molar-refractivity contribution in [2.24, 2.45) is 5.73 Å². The molecule has 0 bridgehead atoms. The zero-order valence-corrected chi connectivity index (χ0v) is 9.53. The van der Waals surface area contributed by atoms with Gasteiger partial charge in [0, 0.05) is 32.1 Å². The molecule has 0 aliphatic carbocycles. The fourth-order valence-electron chi connectivity index (χ4n) is 2.04. The Kier molecular flexibility index (Phi) is 3.58. The molecule has 1 saturated heterocycles. The number of nitrogens with one attached hydrogen (secondary N) is 1. The van der Waals surface area contributed by atoms with Crippen LogP contribution < -0.4 is 11.1 Å². The third kappa shape index (κ3) is 2.74. The quantitative estimate of drug-likeness (QED) is 0.820. The Balaban J connectivity index is 2.07. The number of carbonyl (C=O) groups excluding carboxylic acids is 1. The largest absolute Gasteiger partial charge is 0.337 e. The maximum Gasteiger partial charge on any atom is 0.317 e. The Hall–Kier alpha value is -1.62. The highest BCUT2D eigenvalue weighted by Crippen LogP contribution is 2.19. The van der Waals surface area contributed by atoms with E-state index in [9.17, 15) is 9.18 Å². The summed E-state index contributed by atoms with van der Waals surface area (Å²) in [5.74, 6) is -0.0488. The maximum absolute atomic E-state index is 12.8. The van der Waals surface area contributed by atoms with Crippen molar-refractivity contribution in [2.75, 3.05) is 26.2 Å². The Morgan fingerprint density at radius 2 is 2.12 bits per heavy atom. The molecule has 1 heterocycles. The number of amides is 2. The second-order valence-electron chi connectivity index (χ2n) is 4.17. The lowest BCUT2D eigenvalue weighted by Crippen LogP contribution is -2.51. The first-order valence-electron chi connectivity index (χ1n) is 5.69. The van der Waals surface area contributed by atoms with E-state index in [4.69, 9.17) is 5.73 Å². The summed E-state index contributed by atoms with van der Waals surface area (Å²) >= 11 is 0. The summed E-state index contributed by atoms with van der Waals surface area (Å²) in [5, 5.41) is 2.82. The summed E-state index contributed by atoms with van der Waals surface area (Å²) in [7, 11) is 0. The van der Waals surface area contributed by atoms with Crippen LogP contribution in [0.25, 0.3) is 0 Å². The van der Waals surface area contributed by atoms with Crippen LogP contribution in [0.15, 0.2) is 24.3 Å². The molecule has 4 nitrogen and oxygen atoms in total. The van der Waals surface area contributed by atoms with Crippen LogP contribution >= 0.6 is 0 Å². The van der Waals surface area contributed by atoms with Crippen LogP contribution in [-0.2, 0) is 0 Å². The molecule has 2 amide bonds. The second-order valence-corrected chi connectivity index (χ2v) is 4.17. The maximum atomic E-state index is 12.8. The predicted octanol–water partition coefficient (Wildman–Crippen LogP) is 0.893. The van der Waals surface area contributed by atoms with E-state index < -0.39 is 0 Å². The van der Waals surface area contributed by atoms with Crippen molar-refractivity contribution < 1.29 is 9.18 Å². The Bertz CT molecular complexity index is 393. The number of hydrogen-bond donors (Lipinski definition) is 2. The smallest absolute Gasteiger partial charge is 0.317 e. The molecule has 1 aromatic carbocycles. The number of benzene rings is 1. The van der Waals surface area contributed by atoms with Gasteiger partial charge in [-0.25, -0.2) is 9.18 Å². The molecule has 1 atom stereocenters. The molecule has 2 rings (SSSR count). The summed E-state index contributed by atoms with van der Waals surface area (Å²) in [5.41, 5.74) is 6.49. The van der Waals surface area contributed by atoms with Gasteiger partial charge in [-0.2, -0.15) is 0 Å². The summed E-state index contributed by atoms with van der Waals surface area (Å²) in [6.07, 6.45) is 0. The molecular weight excluding hydrogens is 221 g/mol. The van der Waals surface area contributed by atoms with Crippen molar-refractivity contribution in [2.45, 2.75) is 5.92 Å². The van der Waals surface area contributed by atoms with Gasteiger partial charge in [0.15, 0.2) is 0 Å². The molecule has 5 heteroatoms. The zero-order chi connectivity index (χ0) is 12.3. The molecule has 0 radical (unpaired) electrons. The van der Waals surface area contributed by atoms with Crippen molar-refractivity contribution in [3.8, 4) is 0 Å². The zero-order valence-electron chi connectivity index (χ0n) is 9.53. The molecule has 0 aromatic heterocycles. The number of rotatable bonds is 3. The van der Waals surface area contributed by atoms with E-state index in [1.54, 1.807) is 17.0 Å². The third-order valence-corrected chi connectivity index (χ3v) is 2.97. The average Bonchev–Trinajstić information content (AvgIpc) is 2.33. The third-order valence-electron chi connectivity index (χ3n) is 2.97. The van der Waals surface area contributed by atoms with Gasteiger partial charge < -0.3 is 16.0 Å². The highest BCUT2D eigenvalue weighted by molar-refractivity contribution is 5.75. The monoisotopic (exact) mass is 237 g/mol. The minimum atomic E-state index is -0.243. The lowest BCUT2D eigenvalue weighted by Gasteiger charge is -2.33. The van der Waals surface area contributed by atoms with Gasteiger partial charge >= 0.3 is 6.03 Å². The topological polar surface area (TPSA) is 58.4 Å². The SMILES string of the molecule is NCCN1CC(c2ccc(F)cc2)CNC1=O. The molecule has 0 saturated carbocycles. The summed E-state index contributed by atoms with van der Waals surface area (Å²) in [6.45, 7) is 2.22. The van der Waals surface area contributed by atoms with E-state index in [0.717, 1.165) is 5.56 Å². The van der Waals surface area contributed by atoms with Crippen LogP contribution in [0.3, 0.4) is 0 Å². The van der Waals surface area contributed by atoms with Crippen LogP contribution in [-0.4, -0.2) is 37.1 Å². The first kappa shape index (κ1) is 11.9. The number of urea groups is 1. The van der Waals surface area contributed by atoms with E-state index in [-0.39, 0.29) is 17.8 Å². The van der Waals surface area contributed by atoms with E-state index in [2.05, 4.69) is 5.32 Å². The molecular formula is C12H16FN3O. The van der Waals surface area contributed by atoms with Crippen LogP contribution in [0.5, 0.6) is 0 Å². The predicted molar refractivity (Wildman–Crippen MR) is 63.2 cm³/mol. The van der Waals surface area contributed by atoms with Gasteiger partial charge in [0.2, 0.25) is 0 Å². The van der Waals surface area contributed by atoms with Crippen molar-refractivity contribution >= 4 is 6.03 Å². The van der Waals surface area contributed by atoms with E-state index >= 15 is 0 Å². The van der Waals surface area contributed by atoms with Gasteiger partial charge in [-0.15, -0.1) is 0 Å². The fourth-order valence-corrected chi connectivity index (χ4v) is 2.04. The van der Waals surface area contributed by atoms with Crippen LogP contribution in [0, 0.1) is 5.82 Å². The number of nitrogens with zero attached hydrogens (tertiary/aromatic N) is 1. The molecule has 92 valence electrons.